The van der Waals surface area contributed by atoms with Gasteiger partial charge in [0, 0.05) is 5.56 Å². The molecule has 6 heteroatoms. The molecule has 1 rings (SSSR count). The van der Waals surface area contributed by atoms with Gasteiger partial charge in [-0.3, -0.25) is 0 Å². The van der Waals surface area contributed by atoms with Gasteiger partial charge in [-0.15, -0.1) is 0 Å². The fraction of sp³-hybridized carbons (Fsp3) is 0.375. The van der Waals surface area contributed by atoms with Gasteiger partial charge in [0.2, 0.25) is 0 Å². The lowest BCUT2D eigenvalue weighted by atomic mass is 10.1. The summed E-state index contributed by atoms with van der Waals surface area (Å²) in [5.74, 6) is -0.706. The molecule has 3 N–H and O–H groups in total. The number of aliphatic hydroxyl groups excluding tert-OH is 1. The summed E-state index contributed by atoms with van der Waals surface area (Å²) in [6.45, 7) is 0.280. The van der Waals surface area contributed by atoms with E-state index in [1.165, 1.54) is 0 Å². The molecule has 0 aliphatic carbocycles. The molecule has 0 saturated heterocycles. The average molecular weight is 239 g/mol. The van der Waals surface area contributed by atoms with E-state index in [0.29, 0.717) is 6.42 Å². The molecule has 1 atom stereocenters. The summed E-state index contributed by atoms with van der Waals surface area (Å²) in [7, 11) is 0. The SMILES string of the molecule is NCC[C@H](O)c1cc(F)c(Cl)nc1Cl. The fourth-order valence-corrected chi connectivity index (χ4v) is 1.45. The van der Waals surface area contributed by atoms with Gasteiger partial charge in [0.05, 0.1) is 6.10 Å². The highest BCUT2D eigenvalue weighted by Crippen LogP contribution is 2.26. The molecule has 78 valence electrons. The van der Waals surface area contributed by atoms with Crippen LogP contribution in [-0.2, 0) is 0 Å². The van der Waals surface area contributed by atoms with Crippen molar-refractivity contribution in [3.8, 4) is 0 Å². The van der Waals surface area contributed by atoms with Gasteiger partial charge in [-0.2, -0.15) is 0 Å². The molecule has 14 heavy (non-hydrogen) atoms. The van der Waals surface area contributed by atoms with Crippen LogP contribution in [-0.4, -0.2) is 16.6 Å². The third-order valence-corrected chi connectivity index (χ3v) is 2.28. The van der Waals surface area contributed by atoms with Crippen LogP contribution >= 0.6 is 23.2 Å². The minimum Gasteiger partial charge on any atom is -0.388 e. The summed E-state index contributed by atoms with van der Waals surface area (Å²) in [6.07, 6.45) is -0.616. The highest BCUT2D eigenvalue weighted by molar-refractivity contribution is 6.32. The number of nitrogens with zero attached hydrogens (tertiary/aromatic N) is 1. The zero-order chi connectivity index (χ0) is 10.7. The monoisotopic (exact) mass is 238 g/mol. The van der Waals surface area contributed by atoms with Crippen molar-refractivity contribution in [3.63, 3.8) is 0 Å². The van der Waals surface area contributed by atoms with Crippen LogP contribution in [0.15, 0.2) is 6.07 Å². The number of pyridine rings is 1. The molecule has 3 nitrogen and oxygen atoms in total. The summed E-state index contributed by atoms with van der Waals surface area (Å²) in [4.78, 5) is 3.53. The number of aliphatic hydroxyl groups is 1. The van der Waals surface area contributed by atoms with Gasteiger partial charge < -0.3 is 10.8 Å². The van der Waals surface area contributed by atoms with Crippen LogP contribution in [0, 0.1) is 5.82 Å². The van der Waals surface area contributed by atoms with E-state index in [2.05, 4.69) is 4.98 Å². The zero-order valence-corrected chi connectivity index (χ0v) is 8.69. The van der Waals surface area contributed by atoms with Crippen molar-refractivity contribution in [3.05, 3.63) is 27.8 Å². The third-order valence-electron chi connectivity index (χ3n) is 1.71. The van der Waals surface area contributed by atoms with Crippen LogP contribution in [0.1, 0.15) is 18.1 Å². The van der Waals surface area contributed by atoms with Crippen LogP contribution < -0.4 is 5.73 Å². The van der Waals surface area contributed by atoms with E-state index in [4.69, 9.17) is 28.9 Å². The van der Waals surface area contributed by atoms with E-state index in [1.54, 1.807) is 0 Å². The largest absolute Gasteiger partial charge is 0.388 e. The standard InChI is InChI=1S/C8H9Cl2FN2O/c9-7-4(6(14)1-2-12)3-5(11)8(10)13-7/h3,6,14H,1-2,12H2/t6-/m0/s1. The van der Waals surface area contributed by atoms with Crippen molar-refractivity contribution in [2.45, 2.75) is 12.5 Å². The minimum absolute atomic E-state index is 0.00245. The summed E-state index contributed by atoms with van der Waals surface area (Å²) >= 11 is 11.1. The molecule has 0 aliphatic rings. The maximum absolute atomic E-state index is 13.0. The van der Waals surface area contributed by atoms with E-state index in [1.807, 2.05) is 0 Å². The molecular weight excluding hydrogens is 230 g/mol. The molecule has 0 aliphatic heterocycles. The fourth-order valence-electron chi connectivity index (χ4n) is 1.01. The number of hydrogen-bond donors (Lipinski definition) is 2. The van der Waals surface area contributed by atoms with Gasteiger partial charge in [-0.25, -0.2) is 9.37 Å². The topological polar surface area (TPSA) is 59.1 Å². The Balaban J connectivity index is 3.02. The molecule has 0 amide bonds. The first-order chi connectivity index (χ1) is 6.56. The number of hydrogen-bond acceptors (Lipinski definition) is 3. The molecule has 0 radical (unpaired) electrons. The van der Waals surface area contributed by atoms with Gasteiger partial charge in [0.25, 0.3) is 0 Å². The number of aromatic nitrogens is 1. The predicted octanol–water partition coefficient (Wildman–Crippen LogP) is 1.91. The Morgan fingerprint density at radius 3 is 2.71 bits per heavy atom. The van der Waals surface area contributed by atoms with Crippen molar-refractivity contribution in [1.82, 2.24) is 4.98 Å². The smallest absolute Gasteiger partial charge is 0.166 e. The van der Waals surface area contributed by atoms with Crippen molar-refractivity contribution < 1.29 is 9.50 Å². The molecule has 1 heterocycles. The number of nitrogens with two attached hydrogens (primary N) is 1. The second-order valence-electron chi connectivity index (χ2n) is 2.73. The summed E-state index contributed by atoms with van der Waals surface area (Å²) in [5, 5.41) is 9.19. The number of rotatable bonds is 3. The number of halogens is 3. The lowest BCUT2D eigenvalue weighted by Crippen LogP contribution is -2.08. The Morgan fingerprint density at radius 2 is 2.14 bits per heavy atom. The lowest BCUT2D eigenvalue weighted by Gasteiger charge is -2.11. The highest BCUT2D eigenvalue weighted by atomic mass is 35.5. The Kier molecular flexibility index (Phi) is 4.07. The van der Waals surface area contributed by atoms with Crippen molar-refractivity contribution >= 4 is 23.2 Å². The quantitative estimate of drug-likeness (QED) is 0.792. The second-order valence-corrected chi connectivity index (χ2v) is 3.45. The Morgan fingerprint density at radius 1 is 1.50 bits per heavy atom. The van der Waals surface area contributed by atoms with Crippen LogP contribution in [0.2, 0.25) is 10.3 Å². The van der Waals surface area contributed by atoms with E-state index in [0.717, 1.165) is 6.07 Å². The maximum atomic E-state index is 13.0. The van der Waals surface area contributed by atoms with Crippen molar-refractivity contribution in [2.75, 3.05) is 6.54 Å². The van der Waals surface area contributed by atoms with Crippen molar-refractivity contribution in [1.29, 1.82) is 0 Å². The molecule has 0 bridgehead atoms. The lowest BCUT2D eigenvalue weighted by molar-refractivity contribution is 0.169. The molecule has 0 fully saturated rings. The van der Waals surface area contributed by atoms with Gasteiger partial charge >= 0.3 is 0 Å². The normalized spacial score (nSPS) is 12.9. The summed E-state index contributed by atoms with van der Waals surface area (Å²) in [5.41, 5.74) is 5.45. The first-order valence-corrected chi connectivity index (χ1v) is 4.71. The van der Waals surface area contributed by atoms with E-state index in [9.17, 15) is 9.50 Å². The first kappa shape index (κ1) is 11.7. The van der Waals surface area contributed by atoms with Gasteiger partial charge in [-0.05, 0) is 19.0 Å². The van der Waals surface area contributed by atoms with Gasteiger partial charge in [0.1, 0.15) is 5.15 Å². The Hall–Kier alpha value is -0.420. The van der Waals surface area contributed by atoms with E-state index >= 15 is 0 Å². The summed E-state index contributed by atoms with van der Waals surface area (Å²) < 4.78 is 13.0. The predicted molar refractivity (Wildman–Crippen MR) is 52.8 cm³/mol. The highest BCUT2D eigenvalue weighted by Gasteiger charge is 2.15. The first-order valence-electron chi connectivity index (χ1n) is 3.95. The van der Waals surface area contributed by atoms with Gasteiger partial charge in [-0.1, -0.05) is 23.2 Å². The molecule has 1 aromatic heterocycles. The molecule has 0 unspecified atom stereocenters. The zero-order valence-electron chi connectivity index (χ0n) is 7.17. The van der Waals surface area contributed by atoms with E-state index in [-0.39, 0.29) is 22.4 Å². The van der Waals surface area contributed by atoms with Crippen LogP contribution in [0.25, 0.3) is 0 Å². The van der Waals surface area contributed by atoms with Crippen LogP contribution in [0.3, 0.4) is 0 Å². The molecule has 0 spiro atoms. The minimum atomic E-state index is -0.910. The third kappa shape index (κ3) is 2.54. The molecule has 0 aromatic carbocycles. The average Bonchev–Trinajstić information content (AvgIpc) is 2.11. The molecule has 1 aromatic rings. The maximum Gasteiger partial charge on any atom is 0.166 e. The molecule has 0 saturated carbocycles. The van der Waals surface area contributed by atoms with Gasteiger partial charge in [0.15, 0.2) is 11.0 Å². The second kappa shape index (κ2) is 4.89. The van der Waals surface area contributed by atoms with Crippen LogP contribution in [0.4, 0.5) is 4.39 Å². The summed E-state index contributed by atoms with van der Waals surface area (Å²) in [6, 6.07) is 1.07. The van der Waals surface area contributed by atoms with Crippen molar-refractivity contribution in [2.24, 2.45) is 5.73 Å². The van der Waals surface area contributed by atoms with E-state index < -0.39 is 11.9 Å². The Labute approximate surface area is 90.7 Å². The van der Waals surface area contributed by atoms with Crippen LogP contribution in [0.5, 0.6) is 0 Å². The molecular formula is C8H9Cl2FN2O. The Bertz CT molecular complexity index is 335.